The molecule has 42 heavy (non-hydrogen) atoms. The van der Waals surface area contributed by atoms with Gasteiger partial charge in [-0.15, -0.1) is 0 Å². The van der Waals surface area contributed by atoms with E-state index in [1.807, 2.05) is 13.0 Å². The number of carbonyl (C=O) groups excluding carboxylic acids is 2. The summed E-state index contributed by atoms with van der Waals surface area (Å²) in [6.45, 7) is 1.89. The third-order valence-corrected chi connectivity index (χ3v) is 6.27. The Balaban J connectivity index is 1.98. The maximum absolute atomic E-state index is 13.3. The van der Waals surface area contributed by atoms with E-state index in [2.05, 4.69) is 0 Å². The summed E-state index contributed by atoms with van der Waals surface area (Å²) >= 11 is 0. The summed E-state index contributed by atoms with van der Waals surface area (Å²) in [5, 5.41) is 11.0. The molecule has 0 fully saturated rings. The minimum Gasteiger partial charge on any atom is -0.507 e. The minimum absolute atomic E-state index is 0.398. The summed E-state index contributed by atoms with van der Waals surface area (Å²) in [5.74, 6) is 0.919. The Hall–Kier alpha value is -5.24. The lowest BCUT2D eigenvalue weighted by atomic mass is 10.0. The van der Waals surface area contributed by atoms with Crippen molar-refractivity contribution in [3.05, 3.63) is 106 Å². The number of ether oxygens (including phenoxy) is 5. The third-order valence-electron chi connectivity index (χ3n) is 6.27. The normalized spacial score (nSPS) is 11.1. The second kappa shape index (κ2) is 14.9. The van der Waals surface area contributed by atoms with Crippen molar-refractivity contribution in [2.24, 2.45) is 0 Å². The van der Waals surface area contributed by atoms with E-state index in [0.717, 1.165) is 16.9 Å². The summed E-state index contributed by atoms with van der Waals surface area (Å²) in [7, 11) is 7.66. The maximum atomic E-state index is 13.3. The first-order valence-corrected chi connectivity index (χ1v) is 12.9. The van der Waals surface area contributed by atoms with Crippen molar-refractivity contribution in [1.82, 2.24) is 0 Å². The fourth-order valence-electron chi connectivity index (χ4n) is 4.06. The summed E-state index contributed by atoms with van der Waals surface area (Å²) in [5.41, 5.74) is 2.52. The Bertz CT molecular complexity index is 1480. The molecule has 0 heterocycles. The zero-order valence-electron chi connectivity index (χ0n) is 24.5. The van der Waals surface area contributed by atoms with E-state index in [9.17, 15) is 14.7 Å². The lowest BCUT2D eigenvalue weighted by Gasteiger charge is -2.08. The molecule has 0 aliphatic rings. The average Bonchev–Trinajstić information content (AvgIpc) is 3.01. The van der Waals surface area contributed by atoms with Gasteiger partial charge in [-0.05, 0) is 83.8 Å². The van der Waals surface area contributed by atoms with Gasteiger partial charge in [0.1, 0.15) is 17.1 Å². The summed E-state index contributed by atoms with van der Waals surface area (Å²) < 4.78 is 26.4. The number of hydrogen-bond donors (Lipinski definition) is 1. The summed E-state index contributed by atoms with van der Waals surface area (Å²) in [6, 6.07) is 15.7. The summed E-state index contributed by atoms with van der Waals surface area (Å²) in [6.07, 6.45) is 8.43. The van der Waals surface area contributed by atoms with Crippen LogP contribution in [0.4, 0.5) is 0 Å². The monoisotopic (exact) mass is 570 g/mol. The van der Waals surface area contributed by atoms with Crippen molar-refractivity contribution in [3.8, 4) is 28.7 Å². The van der Waals surface area contributed by atoms with Gasteiger partial charge in [0.25, 0.3) is 0 Å². The van der Waals surface area contributed by atoms with Gasteiger partial charge in [-0.3, -0.25) is 9.59 Å². The van der Waals surface area contributed by atoms with Crippen LogP contribution in [0.15, 0.2) is 84.2 Å². The van der Waals surface area contributed by atoms with Crippen LogP contribution in [-0.2, 0) is 9.59 Å². The number of ketones is 2. The molecule has 0 saturated carbocycles. The number of rotatable bonds is 13. The molecule has 0 aliphatic heterocycles. The quantitative estimate of drug-likeness (QED) is 0.0825. The molecule has 218 valence electrons. The van der Waals surface area contributed by atoms with Crippen molar-refractivity contribution in [1.29, 1.82) is 0 Å². The first kappa shape index (κ1) is 31.3. The maximum Gasteiger partial charge on any atom is 0.193 e. The second-order valence-electron chi connectivity index (χ2n) is 8.95. The molecule has 3 rings (SSSR count). The van der Waals surface area contributed by atoms with Gasteiger partial charge in [-0.1, -0.05) is 36.4 Å². The number of benzene rings is 3. The number of carbonyl (C=O) groups is 2. The Kier molecular flexibility index (Phi) is 11.1. The van der Waals surface area contributed by atoms with E-state index in [0.29, 0.717) is 34.1 Å². The van der Waals surface area contributed by atoms with Crippen molar-refractivity contribution >= 4 is 29.8 Å². The SMILES string of the molecule is COc1ccc(/C=C/C(O)=C(C(=O)/C=C/c2ccc(OC)c(OC)c2)C(=O)/C=C/c2ccc(OC)c(OC)c2)cc1C. The van der Waals surface area contributed by atoms with E-state index in [1.54, 1.807) is 61.7 Å². The highest BCUT2D eigenvalue weighted by Gasteiger charge is 2.19. The molecule has 0 unspecified atom stereocenters. The van der Waals surface area contributed by atoms with Gasteiger partial charge in [0.2, 0.25) is 0 Å². The molecule has 8 nitrogen and oxygen atoms in total. The molecule has 3 aromatic rings. The fraction of sp³-hybridized carbons (Fsp3) is 0.176. The van der Waals surface area contributed by atoms with Crippen LogP contribution in [0.2, 0.25) is 0 Å². The molecule has 0 radical (unpaired) electrons. The Morgan fingerprint density at radius 1 is 0.548 bits per heavy atom. The first-order valence-electron chi connectivity index (χ1n) is 12.9. The molecular formula is C34H34O8. The molecule has 1 N–H and O–H groups in total. The molecular weight excluding hydrogens is 536 g/mol. The van der Waals surface area contributed by atoms with Crippen LogP contribution in [0.3, 0.4) is 0 Å². The first-order chi connectivity index (χ1) is 20.2. The van der Waals surface area contributed by atoms with Crippen molar-refractivity contribution < 1.29 is 38.4 Å². The highest BCUT2D eigenvalue weighted by atomic mass is 16.5. The van der Waals surface area contributed by atoms with E-state index >= 15 is 0 Å². The zero-order valence-corrected chi connectivity index (χ0v) is 24.5. The van der Waals surface area contributed by atoms with Gasteiger partial charge in [0.15, 0.2) is 34.6 Å². The third kappa shape index (κ3) is 7.91. The van der Waals surface area contributed by atoms with E-state index in [-0.39, 0.29) is 0 Å². The number of allylic oxidation sites excluding steroid dienone is 4. The molecule has 0 bridgehead atoms. The van der Waals surface area contributed by atoms with Crippen molar-refractivity contribution in [3.63, 3.8) is 0 Å². The number of hydrogen-bond acceptors (Lipinski definition) is 8. The van der Waals surface area contributed by atoms with Crippen LogP contribution < -0.4 is 23.7 Å². The Morgan fingerprint density at radius 3 is 1.33 bits per heavy atom. The molecule has 3 aromatic carbocycles. The van der Waals surface area contributed by atoms with E-state index in [4.69, 9.17) is 23.7 Å². The lowest BCUT2D eigenvalue weighted by molar-refractivity contribution is -0.117. The van der Waals surface area contributed by atoms with Gasteiger partial charge >= 0.3 is 0 Å². The molecule has 0 aliphatic carbocycles. The van der Waals surface area contributed by atoms with Gasteiger partial charge in [0.05, 0.1) is 35.5 Å². The summed E-state index contributed by atoms with van der Waals surface area (Å²) in [4.78, 5) is 26.6. The smallest absolute Gasteiger partial charge is 0.193 e. The standard InChI is InChI=1S/C34H34O8/c1-22-19-23(10-16-29(22)38-2)7-13-26(35)34(27(36)14-8-24-11-17-30(39-3)32(20-24)41-5)28(37)15-9-25-12-18-31(40-4)33(21-25)42-6/h7-21,35H,1-6H3/b13-7+,14-8+,15-9+. The second-order valence-corrected chi connectivity index (χ2v) is 8.95. The molecule has 0 spiro atoms. The van der Waals surface area contributed by atoms with Crippen LogP contribution in [0.5, 0.6) is 28.7 Å². The molecule has 0 atom stereocenters. The Labute approximate surface area is 245 Å². The number of aliphatic hydroxyl groups is 1. The Morgan fingerprint density at radius 2 is 0.929 bits per heavy atom. The largest absolute Gasteiger partial charge is 0.507 e. The molecule has 0 saturated heterocycles. The van der Waals surface area contributed by atoms with Gasteiger partial charge in [-0.25, -0.2) is 0 Å². The topological polar surface area (TPSA) is 101 Å². The van der Waals surface area contributed by atoms with Gasteiger partial charge in [-0.2, -0.15) is 0 Å². The number of aliphatic hydroxyl groups excluding tert-OH is 1. The zero-order chi connectivity index (χ0) is 30.6. The van der Waals surface area contributed by atoms with Crippen LogP contribution in [-0.4, -0.2) is 52.2 Å². The van der Waals surface area contributed by atoms with Crippen molar-refractivity contribution in [2.45, 2.75) is 6.92 Å². The van der Waals surface area contributed by atoms with Crippen LogP contribution >= 0.6 is 0 Å². The van der Waals surface area contributed by atoms with Gasteiger partial charge in [0, 0.05) is 0 Å². The molecule has 0 aromatic heterocycles. The number of methoxy groups -OCH3 is 5. The molecule has 0 amide bonds. The van der Waals surface area contributed by atoms with Crippen molar-refractivity contribution in [2.75, 3.05) is 35.5 Å². The fourth-order valence-corrected chi connectivity index (χ4v) is 4.06. The predicted molar refractivity (Wildman–Crippen MR) is 164 cm³/mol. The molecule has 8 heteroatoms. The van der Waals surface area contributed by atoms with Crippen LogP contribution in [0.25, 0.3) is 18.2 Å². The average molecular weight is 571 g/mol. The van der Waals surface area contributed by atoms with Crippen LogP contribution in [0.1, 0.15) is 22.3 Å². The van der Waals surface area contributed by atoms with Crippen LogP contribution in [0, 0.1) is 6.92 Å². The van der Waals surface area contributed by atoms with E-state index in [1.165, 1.54) is 58.8 Å². The minimum atomic E-state index is -0.681. The predicted octanol–water partition coefficient (Wildman–Crippen LogP) is 6.43. The van der Waals surface area contributed by atoms with Gasteiger partial charge < -0.3 is 28.8 Å². The van der Waals surface area contributed by atoms with E-state index < -0.39 is 22.9 Å². The lowest BCUT2D eigenvalue weighted by Crippen LogP contribution is -2.11. The highest BCUT2D eigenvalue weighted by molar-refractivity contribution is 6.29. The number of aryl methyl sites for hydroxylation is 1. The highest BCUT2D eigenvalue weighted by Crippen LogP contribution is 2.29.